The summed E-state index contributed by atoms with van der Waals surface area (Å²) < 4.78 is 5.17. The Bertz CT molecular complexity index is 342. The van der Waals surface area contributed by atoms with E-state index in [2.05, 4.69) is 0 Å². The molecule has 78 valence electrons. The molecule has 0 amide bonds. The lowest BCUT2D eigenvalue weighted by molar-refractivity contribution is 0.171. The van der Waals surface area contributed by atoms with Crippen molar-refractivity contribution in [1.82, 2.24) is 0 Å². The SMILES string of the molecule is N#CC(Cl)COC/C=C/c1ccccc1. The van der Waals surface area contributed by atoms with Gasteiger partial charge in [0.15, 0.2) is 0 Å². The Hall–Kier alpha value is -1.30. The van der Waals surface area contributed by atoms with Gasteiger partial charge in [0.05, 0.1) is 19.3 Å². The normalized spacial score (nSPS) is 12.5. The number of alkyl halides is 1. The highest BCUT2D eigenvalue weighted by Gasteiger charge is 1.99. The largest absolute Gasteiger partial charge is 0.375 e. The number of hydrogen-bond acceptors (Lipinski definition) is 2. The molecule has 0 aliphatic heterocycles. The number of nitrogens with zero attached hydrogens (tertiary/aromatic N) is 1. The molecule has 0 N–H and O–H groups in total. The van der Waals surface area contributed by atoms with Gasteiger partial charge in [-0.25, -0.2) is 0 Å². The molecule has 0 saturated carbocycles. The summed E-state index contributed by atoms with van der Waals surface area (Å²) in [6.07, 6.45) is 3.87. The minimum Gasteiger partial charge on any atom is -0.375 e. The smallest absolute Gasteiger partial charge is 0.143 e. The van der Waals surface area contributed by atoms with Crippen molar-refractivity contribution in [2.24, 2.45) is 0 Å². The maximum absolute atomic E-state index is 8.39. The van der Waals surface area contributed by atoms with E-state index in [9.17, 15) is 0 Å². The summed E-state index contributed by atoms with van der Waals surface area (Å²) in [6.45, 7) is 0.733. The van der Waals surface area contributed by atoms with Crippen molar-refractivity contribution in [3.63, 3.8) is 0 Å². The molecule has 0 spiro atoms. The predicted molar refractivity (Wildman–Crippen MR) is 61.5 cm³/mol. The van der Waals surface area contributed by atoms with Gasteiger partial charge in [0, 0.05) is 0 Å². The molecule has 0 heterocycles. The van der Waals surface area contributed by atoms with Crippen molar-refractivity contribution in [3.05, 3.63) is 42.0 Å². The molecule has 1 unspecified atom stereocenters. The Kier molecular flexibility index (Phi) is 5.54. The average molecular weight is 222 g/mol. The third kappa shape index (κ3) is 5.21. The van der Waals surface area contributed by atoms with Gasteiger partial charge in [0.25, 0.3) is 0 Å². The van der Waals surface area contributed by atoms with Gasteiger partial charge < -0.3 is 4.74 Å². The highest BCUT2D eigenvalue weighted by molar-refractivity contribution is 6.22. The molecule has 0 bridgehead atoms. The molecule has 0 fully saturated rings. The van der Waals surface area contributed by atoms with Crippen LogP contribution < -0.4 is 0 Å². The highest BCUT2D eigenvalue weighted by atomic mass is 35.5. The fourth-order valence-electron chi connectivity index (χ4n) is 1.03. The molecule has 1 aromatic carbocycles. The van der Waals surface area contributed by atoms with Crippen LogP contribution in [0.25, 0.3) is 6.08 Å². The number of ether oxygens (including phenoxy) is 1. The molecular weight excluding hydrogens is 210 g/mol. The Morgan fingerprint density at radius 1 is 1.40 bits per heavy atom. The first-order valence-electron chi connectivity index (χ1n) is 4.66. The van der Waals surface area contributed by atoms with E-state index in [0.717, 1.165) is 5.56 Å². The van der Waals surface area contributed by atoms with Gasteiger partial charge in [-0.3, -0.25) is 0 Å². The molecular formula is C12H12ClNO. The van der Waals surface area contributed by atoms with Crippen molar-refractivity contribution >= 4 is 17.7 Å². The quantitative estimate of drug-likeness (QED) is 0.566. The zero-order valence-corrected chi connectivity index (χ0v) is 9.02. The van der Waals surface area contributed by atoms with Crippen LogP contribution >= 0.6 is 11.6 Å². The van der Waals surface area contributed by atoms with Crippen molar-refractivity contribution in [2.45, 2.75) is 5.38 Å². The minimum atomic E-state index is -0.560. The van der Waals surface area contributed by atoms with E-state index in [4.69, 9.17) is 21.6 Å². The Labute approximate surface area is 94.7 Å². The number of halogens is 1. The highest BCUT2D eigenvalue weighted by Crippen LogP contribution is 2.01. The maximum Gasteiger partial charge on any atom is 0.143 e. The molecule has 0 aliphatic carbocycles. The Morgan fingerprint density at radius 2 is 2.13 bits per heavy atom. The molecule has 0 aromatic heterocycles. The molecule has 0 aliphatic rings. The molecule has 15 heavy (non-hydrogen) atoms. The van der Waals surface area contributed by atoms with Gasteiger partial charge in [0.2, 0.25) is 0 Å². The lowest BCUT2D eigenvalue weighted by Gasteiger charge is -1.99. The number of nitriles is 1. The van der Waals surface area contributed by atoms with Crippen LogP contribution in [-0.2, 0) is 4.74 Å². The van der Waals surface area contributed by atoms with Crippen LogP contribution in [-0.4, -0.2) is 18.6 Å². The fourth-order valence-corrected chi connectivity index (χ4v) is 1.11. The lowest BCUT2D eigenvalue weighted by atomic mass is 10.2. The van der Waals surface area contributed by atoms with Crippen LogP contribution in [0.2, 0.25) is 0 Å². The Balaban J connectivity index is 2.21. The zero-order chi connectivity index (χ0) is 10.9. The second-order valence-electron chi connectivity index (χ2n) is 2.95. The van der Waals surface area contributed by atoms with Gasteiger partial charge >= 0.3 is 0 Å². The molecule has 0 saturated heterocycles. The average Bonchev–Trinajstić information content (AvgIpc) is 2.29. The van der Waals surface area contributed by atoms with Crippen LogP contribution in [0.4, 0.5) is 0 Å². The third-order valence-corrected chi connectivity index (χ3v) is 1.95. The number of benzene rings is 1. The summed E-state index contributed by atoms with van der Waals surface area (Å²) in [4.78, 5) is 0. The van der Waals surface area contributed by atoms with Crippen LogP contribution in [0.5, 0.6) is 0 Å². The van der Waals surface area contributed by atoms with Gasteiger partial charge in [0.1, 0.15) is 5.38 Å². The third-order valence-electron chi connectivity index (χ3n) is 1.73. The summed E-state index contributed by atoms with van der Waals surface area (Å²) in [6, 6.07) is 11.8. The van der Waals surface area contributed by atoms with Crippen molar-refractivity contribution in [3.8, 4) is 6.07 Å². The molecule has 0 radical (unpaired) electrons. The first-order valence-corrected chi connectivity index (χ1v) is 5.09. The van der Waals surface area contributed by atoms with Gasteiger partial charge in [-0.05, 0) is 5.56 Å². The van der Waals surface area contributed by atoms with Gasteiger partial charge in [-0.1, -0.05) is 42.5 Å². The van der Waals surface area contributed by atoms with E-state index in [1.807, 2.05) is 48.6 Å². The van der Waals surface area contributed by atoms with Crippen LogP contribution in [0.1, 0.15) is 5.56 Å². The molecule has 2 nitrogen and oxygen atoms in total. The van der Waals surface area contributed by atoms with Gasteiger partial charge in [-0.2, -0.15) is 5.26 Å². The lowest BCUT2D eigenvalue weighted by Crippen LogP contribution is -2.05. The predicted octanol–water partition coefficient (Wildman–Crippen LogP) is 2.85. The topological polar surface area (TPSA) is 33.0 Å². The van der Waals surface area contributed by atoms with Gasteiger partial charge in [-0.15, -0.1) is 11.6 Å². The maximum atomic E-state index is 8.39. The summed E-state index contributed by atoms with van der Waals surface area (Å²) >= 11 is 5.55. The standard InChI is InChI=1S/C12H12ClNO/c13-12(9-14)10-15-8-4-7-11-5-2-1-3-6-11/h1-7,12H,8,10H2/b7-4+. The first-order chi connectivity index (χ1) is 7.33. The van der Waals surface area contributed by atoms with E-state index in [1.54, 1.807) is 0 Å². The fraction of sp³-hybridized carbons (Fsp3) is 0.250. The van der Waals surface area contributed by atoms with Crippen LogP contribution in [0, 0.1) is 11.3 Å². The van der Waals surface area contributed by atoms with E-state index in [-0.39, 0.29) is 6.61 Å². The summed E-state index contributed by atoms with van der Waals surface area (Å²) in [5.41, 5.74) is 1.13. The second-order valence-corrected chi connectivity index (χ2v) is 3.47. The van der Waals surface area contributed by atoms with E-state index in [1.165, 1.54) is 0 Å². The Morgan fingerprint density at radius 3 is 2.80 bits per heavy atom. The van der Waals surface area contributed by atoms with E-state index in [0.29, 0.717) is 6.61 Å². The molecule has 1 aromatic rings. The number of hydrogen-bond donors (Lipinski definition) is 0. The summed E-state index contributed by atoms with van der Waals surface area (Å²) in [5, 5.41) is 7.83. The minimum absolute atomic E-state index is 0.261. The van der Waals surface area contributed by atoms with Crippen molar-refractivity contribution in [1.29, 1.82) is 5.26 Å². The van der Waals surface area contributed by atoms with E-state index >= 15 is 0 Å². The number of rotatable bonds is 5. The van der Waals surface area contributed by atoms with Crippen LogP contribution in [0.15, 0.2) is 36.4 Å². The molecule has 1 atom stereocenters. The van der Waals surface area contributed by atoms with E-state index < -0.39 is 5.38 Å². The zero-order valence-electron chi connectivity index (χ0n) is 8.27. The molecule has 3 heteroatoms. The van der Waals surface area contributed by atoms with Crippen molar-refractivity contribution in [2.75, 3.05) is 13.2 Å². The van der Waals surface area contributed by atoms with Crippen molar-refractivity contribution < 1.29 is 4.74 Å². The molecule has 1 rings (SSSR count). The second kappa shape index (κ2) is 7.05. The first kappa shape index (κ1) is 11.8. The summed E-state index contributed by atoms with van der Waals surface area (Å²) in [7, 11) is 0. The summed E-state index contributed by atoms with van der Waals surface area (Å²) in [5.74, 6) is 0. The monoisotopic (exact) mass is 221 g/mol. The van der Waals surface area contributed by atoms with Crippen LogP contribution in [0.3, 0.4) is 0 Å².